The fraction of sp³-hybridized carbons (Fsp3) is 0.786. The first kappa shape index (κ1) is 14.0. The molecule has 1 saturated heterocycles. The van der Waals surface area contributed by atoms with Crippen molar-refractivity contribution >= 4 is 11.3 Å². The van der Waals surface area contributed by atoms with Crippen molar-refractivity contribution in [2.75, 3.05) is 6.54 Å². The van der Waals surface area contributed by atoms with E-state index in [0.717, 1.165) is 6.54 Å². The topological polar surface area (TPSA) is 42.2 Å². The smallest absolute Gasteiger partial charge is 0.0900 e. The zero-order chi connectivity index (χ0) is 13.3. The monoisotopic (exact) mass is 267 g/mol. The summed E-state index contributed by atoms with van der Waals surface area (Å²) < 4.78 is 0. The summed E-state index contributed by atoms with van der Waals surface area (Å²) in [6.45, 7) is 9.65. The lowest BCUT2D eigenvalue weighted by molar-refractivity contribution is 0.0552. The molecule has 0 saturated carbocycles. The van der Waals surface area contributed by atoms with Crippen LogP contribution in [0.1, 0.15) is 54.7 Å². The normalized spacial score (nSPS) is 27.4. The summed E-state index contributed by atoms with van der Waals surface area (Å²) in [6, 6.07) is 1.52. The van der Waals surface area contributed by atoms with Gasteiger partial charge in [0.1, 0.15) is 0 Å². The molecular weight excluding hydrogens is 242 g/mol. The molecule has 1 aliphatic rings. The minimum absolute atomic E-state index is 0.388. The van der Waals surface area contributed by atoms with Crippen molar-refractivity contribution < 1.29 is 0 Å². The van der Waals surface area contributed by atoms with Crippen molar-refractivity contribution in [2.24, 2.45) is 5.73 Å². The van der Waals surface area contributed by atoms with Crippen LogP contribution in [0.2, 0.25) is 0 Å². The van der Waals surface area contributed by atoms with Crippen molar-refractivity contribution in [3.8, 4) is 0 Å². The maximum atomic E-state index is 5.96. The molecule has 1 aromatic heterocycles. The molecule has 0 spiro atoms. The second-order valence-electron chi connectivity index (χ2n) is 5.47. The molecule has 0 aromatic carbocycles. The highest BCUT2D eigenvalue weighted by molar-refractivity contribution is 7.11. The fourth-order valence-electron chi connectivity index (χ4n) is 3.32. The van der Waals surface area contributed by atoms with Crippen molar-refractivity contribution in [1.82, 2.24) is 9.88 Å². The van der Waals surface area contributed by atoms with E-state index in [0.29, 0.717) is 18.1 Å². The van der Waals surface area contributed by atoms with Gasteiger partial charge in [-0.3, -0.25) is 4.90 Å². The molecule has 102 valence electrons. The molecule has 3 nitrogen and oxygen atoms in total. The van der Waals surface area contributed by atoms with Crippen LogP contribution in [-0.4, -0.2) is 28.5 Å². The standard InChI is InChI=1S/C14H25N3S/c1-9-6-5-7-13(8-15)17(9)10(2)14-11(3)18-12(4)16-14/h9-10,13H,5-8,15H2,1-4H3. The summed E-state index contributed by atoms with van der Waals surface area (Å²) in [5.74, 6) is 0. The van der Waals surface area contributed by atoms with Gasteiger partial charge in [-0.25, -0.2) is 4.98 Å². The van der Waals surface area contributed by atoms with Crippen LogP contribution in [0.4, 0.5) is 0 Å². The molecule has 0 aliphatic carbocycles. The van der Waals surface area contributed by atoms with E-state index in [1.54, 1.807) is 11.3 Å². The number of likely N-dealkylation sites (tertiary alicyclic amines) is 1. The molecule has 3 atom stereocenters. The van der Waals surface area contributed by atoms with E-state index in [1.807, 2.05) is 0 Å². The first-order valence-electron chi connectivity index (χ1n) is 6.96. The summed E-state index contributed by atoms with van der Waals surface area (Å²) in [5, 5.41) is 1.17. The zero-order valence-corrected chi connectivity index (χ0v) is 12.8. The van der Waals surface area contributed by atoms with E-state index in [2.05, 4.69) is 32.6 Å². The minimum atomic E-state index is 0.388. The van der Waals surface area contributed by atoms with Gasteiger partial charge in [0.25, 0.3) is 0 Å². The Morgan fingerprint density at radius 1 is 1.44 bits per heavy atom. The van der Waals surface area contributed by atoms with Gasteiger partial charge in [0.05, 0.1) is 16.7 Å². The van der Waals surface area contributed by atoms with Crippen LogP contribution in [0.5, 0.6) is 0 Å². The highest BCUT2D eigenvalue weighted by atomic mass is 32.1. The Bertz CT molecular complexity index is 402. The number of nitrogens with two attached hydrogens (primary N) is 1. The van der Waals surface area contributed by atoms with Gasteiger partial charge in [0.2, 0.25) is 0 Å². The molecule has 1 aromatic rings. The number of piperidine rings is 1. The van der Waals surface area contributed by atoms with Gasteiger partial charge >= 0.3 is 0 Å². The average molecular weight is 267 g/mol. The number of rotatable bonds is 3. The highest BCUT2D eigenvalue weighted by Crippen LogP contribution is 2.34. The van der Waals surface area contributed by atoms with Gasteiger partial charge in [0.15, 0.2) is 0 Å². The molecule has 2 N–H and O–H groups in total. The van der Waals surface area contributed by atoms with Crippen LogP contribution in [0.25, 0.3) is 0 Å². The maximum absolute atomic E-state index is 5.96. The Balaban J connectivity index is 2.24. The molecule has 2 heterocycles. The number of nitrogens with zero attached hydrogens (tertiary/aromatic N) is 2. The molecule has 0 radical (unpaired) electrons. The third-order valence-corrected chi connectivity index (χ3v) is 5.05. The lowest BCUT2D eigenvalue weighted by atomic mass is 9.93. The molecule has 1 fully saturated rings. The van der Waals surface area contributed by atoms with Gasteiger partial charge in [-0.15, -0.1) is 11.3 Å². The van der Waals surface area contributed by atoms with Crippen molar-refractivity contribution in [3.63, 3.8) is 0 Å². The van der Waals surface area contributed by atoms with Gasteiger partial charge in [-0.1, -0.05) is 6.42 Å². The van der Waals surface area contributed by atoms with Crippen molar-refractivity contribution in [3.05, 3.63) is 15.6 Å². The van der Waals surface area contributed by atoms with Crippen molar-refractivity contribution in [2.45, 2.75) is 65.1 Å². The SMILES string of the molecule is Cc1nc(C(C)N2C(C)CCCC2CN)c(C)s1. The lowest BCUT2D eigenvalue weighted by Gasteiger charge is -2.43. The van der Waals surface area contributed by atoms with E-state index in [-0.39, 0.29) is 0 Å². The van der Waals surface area contributed by atoms with E-state index in [4.69, 9.17) is 10.7 Å². The predicted molar refractivity (Wildman–Crippen MR) is 78.0 cm³/mol. The van der Waals surface area contributed by atoms with Crippen LogP contribution >= 0.6 is 11.3 Å². The number of hydrogen-bond acceptors (Lipinski definition) is 4. The molecule has 2 rings (SSSR count). The lowest BCUT2D eigenvalue weighted by Crippen LogP contribution is -2.49. The molecule has 4 heteroatoms. The Labute approximate surface area is 114 Å². The minimum Gasteiger partial charge on any atom is -0.329 e. The van der Waals surface area contributed by atoms with E-state index in [1.165, 1.54) is 34.8 Å². The van der Waals surface area contributed by atoms with Gasteiger partial charge in [-0.05, 0) is 40.5 Å². The number of hydrogen-bond donors (Lipinski definition) is 1. The Morgan fingerprint density at radius 3 is 2.72 bits per heavy atom. The molecule has 18 heavy (non-hydrogen) atoms. The third-order valence-electron chi connectivity index (χ3n) is 4.14. The van der Waals surface area contributed by atoms with E-state index in [9.17, 15) is 0 Å². The summed E-state index contributed by atoms with van der Waals surface area (Å²) >= 11 is 1.80. The largest absolute Gasteiger partial charge is 0.329 e. The summed E-state index contributed by atoms with van der Waals surface area (Å²) in [4.78, 5) is 8.67. The second-order valence-corrected chi connectivity index (χ2v) is 6.87. The van der Waals surface area contributed by atoms with Crippen LogP contribution in [0.3, 0.4) is 0 Å². The average Bonchev–Trinajstić information content (AvgIpc) is 2.67. The Kier molecular flexibility index (Phi) is 4.41. The summed E-state index contributed by atoms with van der Waals surface area (Å²) in [5.41, 5.74) is 7.21. The van der Waals surface area contributed by atoms with E-state index < -0.39 is 0 Å². The molecule has 3 unspecified atom stereocenters. The quantitative estimate of drug-likeness (QED) is 0.915. The maximum Gasteiger partial charge on any atom is 0.0900 e. The Morgan fingerprint density at radius 2 is 2.17 bits per heavy atom. The number of thiazole rings is 1. The van der Waals surface area contributed by atoms with Gasteiger partial charge < -0.3 is 5.73 Å². The van der Waals surface area contributed by atoms with Crippen LogP contribution < -0.4 is 5.73 Å². The zero-order valence-electron chi connectivity index (χ0n) is 11.9. The van der Waals surface area contributed by atoms with Crippen LogP contribution in [-0.2, 0) is 0 Å². The number of aromatic nitrogens is 1. The molecule has 1 aliphatic heterocycles. The highest BCUT2D eigenvalue weighted by Gasteiger charge is 2.32. The predicted octanol–water partition coefficient (Wildman–Crippen LogP) is 3.02. The molecular formula is C14H25N3S. The fourth-order valence-corrected chi connectivity index (χ4v) is 4.23. The first-order chi connectivity index (χ1) is 8.54. The van der Waals surface area contributed by atoms with Crippen molar-refractivity contribution in [1.29, 1.82) is 0 Å². The molecule has 0 bridgehead atoms. The second kappa shape index (κ2) is 5.68. The summed E-state index contributed by atoms with van der Waals surface area (Å²) in [6.07, 6.45) is 3.82. The van der Waals surface area contributed by atoms with E-state index >= 15 is 0 Å². The number of aryl methyl sites for hydroxylation is 2. The van der Waals surface area contributed by atoms with Crippen LogP contribution in [0, 0.1) is 13.8 Å². The van der Waals surface area contributed by atoms with Gasteiger partial charge in [0, 0.05) is 23.5 Å². The first-order valence-corrected chi connectivity index (χ1v) is 7.77. The van der Waals surface area contributed by atoms with Gasteiger partial charge in [-0.2, -0.15) is 0 Å². The summed E-state index contributed by atoms with van der Waals surface area (Å²) in [7, 11) is 0. The third kappa shape index (κ3) is 2.60. The molecule has 0 amide bonds. The van der Waals surface area contributed by atoms with Crippen LogP contribution in [0.15, 0.2) is 0 Å². The Hall–Kier alpha value is -0.450.